The zero-order valence-corrected chi connectivity index (χ0v) is 16.5. The van der Waals surface area contributed by atoms with Gasteiger partial charge in [0.2, 0.25) is 0 Å². The second-order valence-corrected chi connectivity index (χ2v) is 8.89. The molecule has 3 unspecified atom stereocenters. The molecule has 0 saturated carbocycles. The smallest absolute Gasteiger partial charge is 0.251 e. The second kappa shape index (κ2) is 6.56. The van der Waals surface area contributed by atoms with Crippen LogP contribution in [-0.2, 0) is 0 Å². The molecular weight excluding hydrogens is 332 g/mol. The van der Waals surface area contributed by atoms with Crippen LogP contribution in [0.25, 0.3) is 0 Å². The van der Waals surface area contributed by atoms with Gasteiger partial charge in [-0.3, -0.25) is 4.79 Å². The van der Waals surface area contributed by atoms with Crippen LogP contribution in [0.5, 0.6) is 0 Å². The molecule has 3 heteroatoms. The van der Waals surface area contributed by atoms with Gasteiger partial charge in [0.1, 0.15) is 0 Å². The van der Waals surface area contributed by atoms with Gasteiger partial charge in [0.05, 0.1) is 6.04 Å². The fraction of sp³-hybridized carbons (Fsp3) is 0.375. The van der Waals surface area contributed by atoms with Crippen molar-refractivity contribution in [1.29, 1.82) is 0 Å². The lowest BCUT2D eigenvalue weighted by atomic mass is 9.76. The molecule has 3 nitrogen and oxygen atoms in total. The Bertz CT molecular complexity index is 890. The van der Waals surface area contributed by atoms with E-state index in [4.69, 9.17) is 0 Å². The first-order valence-corrected chi connectivity index (χ1v) is 9.78. The van der Waals surface area contributed by atoms with Gasteiger partial charge in [0.15, 0.2) is 0 Å². The summed E-state index contributed by atoms with van der Waals surface area (Å²) in [5.41, 5.74) is 5.49. The molecule has 1 amide bonds. The third kappa shape index (κ3) is 3.51. The van der Waals surface area contributed by atoms with Gasteiger partial charge >= 0.3 is 0 Å². The summed E-state index contributed by atoms with van der Waals surface area (Å²) in [6, 6.07) is 15.2. The van der Waals surface area contributed by atoms with Crippen molar-refractivity contribution in [2.45, 2.75) is 51.6 Å². The lowest BCUT2D eigenvalue weighted by Crippen LogP contribution is -2.40. The molecule has 1 heterocycles. The minimum absolute atomic E-state index is 0.00974. The van der Waals surface area contributed by atoms with E-state index >= 15 is 0 Å². The molecule has 0 bridgehead atoms. The summed E-state index contributed by atoms with van der Waals surface area (Å²) in [5, 5.41) is 6.81. The van der Waals surface area contributed by atoms with Crippen LogP contribution >= 0.6 is 0 Å². The maximum Gasteiger partial charge on any atom is 0.251 e. The third-order valence-electron chi connectivity index (χ3n) is 5.55. The van der Waals surface area contributed by atoms with E-state index in [0.29, 0.717) is 17.9 Å². The Hall–Kier alpha value is -2.55. The zero-order valence-electron chi connectivity index (χ0n) is 16.5. The van der Waals surface area contributed by atoms with E-state index in [1.54, 1.807) is 0 Å². The first kappa shape index (κ1) is 17.8. The van der Waals surface area contributed by atoms with Gasteiger partial charge in [-0.15, -0.1) is 0 Å². The minimum Gasteiger partial charge on any atom is -0.378 e. The number of hydrogen-bond acceptors (Lipinski definition) is 2. The second-order valence-electron chi connectivity index (χ2n) is 8.89. The number of rotatable bonds is 2. The highest BCUT2D eigenvalue weighted by molar-refractivity contribution is 5.95. The Labute approximate surface area is 161 Å². The Kier molecular flexibility index (Phi) is 4.33. The van der Waals surface area contributed by atoms with E-state index in [1.165, 1.54) is 16.7 Å². The summed E-state index contributed by atoms with van der Waals surface area (Å²) in [6.07, 6.45) is 5.67. The molecule has 27 heavy (non-hydrogen) atoms. The molecule has 0 aromatic heterocycles. The monoisotopic (exact) mass is 360 g/mol. The molecular formula is C24H28N2O. The van der Waals surface area contributed by atoms with Crippen LogP contribution in [-0.4, -0.2) is 11.4 Å². The Balaban J connectivity index is 1.67. The molecule has 140 valence electrons. The van der Waals surface area contributed by atoms with Crippen LogP contribution in [0.2, 0.25) is 0 Å². The van der Waals surface area contributed by atoms with Crippen LogP contribution < -0.4 is 10.6 Å². The molecule has 0 fully saturated rings. The highest BCUT2D eigenvalue weighted by atomic mass is 16.1. The summed E-state index contributed by atoms with van der Waals surface area (Å²) in [7, 11) is 0. The molecule has 1 aliphatic carbocycles. The Morgan fingerprint density at radius 2 is 1.85 bits per heavy atom. The molecule has 1 aliphatic heterocycles. The van der Waals surface area contributed by atoms with Gasteiger partial charge < -0.3 is 10.6 Å². The van der Waals surface area contributed by atoms with Crippen LogP contribution in [0.4, 0.5) is 5.69 Å². The summed E-state index contributed by atoms with van der Waals surface area (Å²) < 4.78 is 0. The number of carbonyl (C=O) groups excluding carboxylic acids is 1. The summed E-state index contributed by atoms with van der Waals surface area (Å²) in [5.74, 6) is 0.834. The molecule has 2 aliphatic rings. The van der Waals surface area contributed by atoms with Crippen LogP contribution in [0.15, 0.2) is 54.6 Å². The van der Waals surface area contributed by atoms with Crippen LogP contribution in [0.3, 0.4) is 0 Å². The SMILES string of the molecule is Cc1ccc(C2Nc3ccc(C(=O)NC(C)(C)C)cc3C3C=CCC32)cc1. The number of anilines is 1. The van der Waals surface area contributed by atoms with Crippen molar-refractivity contribution in [3.63, 3.8) is 0 Å². The van der Waals surface area contributed by atoms with Crippen molar-refractivity contribution in [3.05, 3.63) is 76.9 Å². The first-order valence-electron chi connectivity index (χ1n) is 9.78. The van der Waals surface area contributed by atoms with Crippen molar-refractivity contribution >= 4 is 11.6 Å². The van der Waals surface area contributed by atoms with Gasteiger partial charge in [-0.2, -0.15) is 0 Å². The van der Waals surface area contributed by atoms with E-state index < -0.39 is 0 Å². The number of fused-ring (bicyclic) bond motifs is 3. The Morgan fingerprint density at radius 1 is 1.11 bits per heavy atom. The zero-order chi connectivity index (χ0) is 19.2. The normalized spacial score (nSPS) is 23.3. The molecule has 2 aromatic rings. The number of carbonyl (C=O) groups is 1. The molecule has 0 spiro atoms. The van der Waals surface area contributed by atoms with E-state index in [-0.39, 0.29) is 11.4 Å². The molecule has 2 aromatic carbocycles. The topological polar surface area (TPSA) is 41.1 Å². The van der Waals surface area contributed by atoms with Crippen molar-refractivity contribution in [1.82, 2.24) is 5.32 Å². The average Bonchev–Trinajstić information content (AvgIpc) is 3.10. The van der Waals surface area contributed by atoms with Gasteiger partial charge in [-0.1, -0.05) is 42.0 Å². The van der Waals surface area contributed by atoms with Crippen LogP contribution in [0.1, 0.15) is 66.2 Å². The van der Waals surface area contributed by atoms with Gasteiger partial charge in [-0.25, -0.2) is 0 Å². The first-order chi connectivity index (χ1) is 12.8. The van der Waals surface area contributed by atoms with E-state index in [0.717, 1.165) is 17.7 Å². The lowest BCUT2D eigenvalue weighted by Gasteiger charge is -2.38. The summed E-state index contributed by atoms with van der Waals surface area (Å²) in [6.45, 7) is 8.14. The lowest BCUT2D eigenvalue weighted by molar-refractivity contribution is 0.0919. The summed E-state index contributed by atoms with van der Waals surface area (Å²) in [4.78, 5) is 12.6. The highest BCUT2D eigenvalue weighted by Crippen LogP contribution is 2.49. The summed E-state index contributed by atoms with van der Waals surface area (Å²) >= 11 is 0. The maximum atomic E-state index is 12.6. The number of allylic oxidation sites excluding steroid dienone is 2. The molecule has 4 rings (SSSR count). The fourth-order valence-corrected chi connectivity index (χ4v) is 4.25. The molecule has 0 radical (unpaired) electrons. The molecule has 0 saturated heterocycles. The fourth-order valence-electron chi connectivity index (χ4n) is 4.25. The number of nitrogens with one attached hydrogen (secondary N) is 2. The van der Waals surface area contributed by atoms with Crippen molar-refractivity contribution in [3.8, 4) is 0 Å². The maximum absolute atomic E-state index is 12.6. The number of hydrogen-bond donors (Lipinski definition) is 2. The van der Waals surface area contributed by atoms with Crippen molar-refractivity contribution in [2.75, 3.05) is 5.32 Å². The minimum atomic E-state index is -0.239. The van der Waals surface area contributed by atoms with Gasteiger partial charge in [-0.05, 0) is 69.4 Å². The van der Waals surface area contributed by atoms with Crippen molar-refractivity contribution < 1.29 is 4.79 Å². The predicted octanol–water partition coefficient (Wildman–Crippen LogP) is 5.35. The van der Waals surface area contributed by atoms with E-state index in [1.807, 2.05) is 26.8 Å². The standard InChI is InChI=1S/C24H28N2O/c1-15-8-10-16(11-9-15)22-19-7-5-6-18(19)20-14-17(12-13-21(20)25-22)23(27)26-24(2,3)4/h5-6,8-14,18-19,22,25H,7H2,1-4H3,(H,26,27). The number of benzene rings is 2. The molecule has 2 N–H and O–H groups in total. The van der Waals surface area contributed by atoms with E-state index in [2.05, 4.69) is 66.1 Å². The Morgan fingerprint density at radius 3 is 2.56 bits per heavy atom. The highest BCUT2D eigenvalue weighted by Gasteiger charge is 2.38. The van der Waals surface area contributed by atoms with Gasteiger partial charge in [0, 0.05) is 22.7 Å². The van der Waals surface area contributed by atoms with Gasteiger partial charge in [0.25, 0.3) is 5.91 Å². The predicted molar refractivity (Wildman–Crippen MR) is 111 cm³/mol. The van der Waals surface area contributed by atoms with E-state index in [9.17, 15) is 4.79 Å². The largest absolute Gasteiger partial charge is 0.378 e. The molecule has 3 atom stereocenters. The van der Waals surface area contributed by atoms with Crippen LogP contribution in [0, 0.1) is 12.8 Å². The number of aryl methyl sites for hydroxylation is 1. The van der Waals surface area contributed by atoms with Crippen molar-refractivity contribution in [2.24, 2.45) is 5.92 Å². The average molecular weight is 361 g/mol. The quantitative estimate of drug-likeness (QED) is 0.709. The third-order valence-corrected chi connectivity index (χ3v) is 5.55. The number of amides is 1.